The molecule has 270 valence electrons. The average molecular weight is 697 g/mol. The molecule has 16 nitrogen and oxygen atoms in total. The number of aliphatic hydroxyl groups is 1. The highest BCUT2D eigenvalue weighted by Gasteiger charge is 2.46. The highest BCUT2D eigenvalue weighted by atomic mass is 31.2. The lowest BCUT2D eigenvalue weighted by Gasteiger charge is -2.18. The number of primary amides is 1. The Balaban J connectivity index is 1.29. The third kappa shape index (κ3) is 12.6. The number of nitrogens with zero attached hydrogens (tertiary/aromatic N) is 6. The molecule has 17 heteroatoms. The molecule has 0 aliphatic carbocycles. The van der Waals surface area contributed by atoms with Gasteiger partial charge >= 0.3 is 7.82 Å². The molecule has 2 aromatic heterocycles. The maximum Gasteiger partial charge on any atom is 0.472 e. The zero-order valence-corrected chi connectivity index (χ0v) is 28.9. The lowest BCUT2D eigenvalue weighted by Crippen LogP contribution is -2.32. The third-order valence-electron chi connectivity index (χ3n) is 8.43. The van der Waals surface area contributed by atoms with Gasteiger partial charge in [-0.3, -0.25) is 13.8 Å². The Morgan fingerprint density at radius 3 is 2.21 bits per heavy atom. The molecule has 48 heavy (non-hydrogen) atoms. The normalized spacial score (nSPS) is 20.6. The predicted molar refractivity (Wildman–Crippen MR) is 181 cm³/mol. The molecular weight excluding hydrogens is 643 g/mol. The number of amides is 1. The second kappa shape index (κ2) is 21.3. The summed E-state index contributed by atoms with van der Waals surface area (Å²) in [5, 5.41) is 14.6. The molecule has 0 bridgehead atoms. The van der Waals surface area contributed by atoms with Crippen molar-refractivity contribution in [1.29, 1.82) is 0 Å². The number of aliphatic hydroxyl groups excluding tert-OH is 1. The second-order valence-electron chi connectivity index (χ2n) is 12.2. The first-order chi connectivity index (χ1) is 23.2. The number of nitrogen functional groups attached to an aromatic ring is 1. The summed E-state index contributed by atoms with van der Waals surface area (Å²) >= 11 is 0. The fraction of sp³-hybridized carbons (Fsp3) is 0.774. The molecule has 5 atom stereocenters. The number of unbranched alkanes of at least 4 members (excludes halogenated alkanes) is 13. The number of nitrogens with two attached hydrogens (primary N) is 2. The molecule has 2 aromatic rings. The van der Waals surface area contributed by atoms with E-state index in [0.717, 1.165) is 12.8 Å². The van der Waals surface area contributed by atoms with Crippen molar-refractivity contribution >= 4 is 30.6 Å². The third-order valence-corrected chi connectivity index (χ3v) is 9.42. The number of aromatic nitrogens is 3. The summed E-state index contributed by atoms with van der Waals surface area (Å²) in [6, 6.07) is -1.22. The number of carbonyl (C=O) groups is 1. The Labute approximate surface area is 282 Å². The summed E-state index contributed by atoms with van der Waals surface area (Å²) in [6.07, 6.45) is 17.1. The molecule has 0 radical (unpaired) electrons. The van der Waals surface area contributed by atoms with Gasteiger partial charge in [-0.25, -0.2) is 14.5 Å². The molecule has 0 aromatic carbocycles. The molecule has 1 aliphatic heterocycles. The van der Waals surface area contributed by atoms with Gasteiger partial charge in [0.1, 0.15) is 36.2 Å². The summed E-state index contributed by atoms with van der Waals surface area (Å²) in [4.78, 5) is 33.0. The van der Waals surface area contributed by atoms with Crippen LogP contribution in [-0.4, -0.2) is 75.1 Å². The summed E-state index contributed by atoms with van der Waals surface area (Å²) in [6.45, 7) is 2.63. The van der Waals surface area contributed by atoms with E-state index < -0.39 is 44.8 Å². The first-order valence-corrected chi connectivity index (χ1v) is 18.7. The van der Waals surface area contributed by atoms with Crippen LogP contribution in [0.4, 0.5) is 5.82 Å². The first-order valence-electron chi connectivity index (χ1n) is 17.2. The molecular formula is C31H53N8O8P. The molecule has 1 unspecified atom stereocenters. The van der Waals surface area contributed by atoms with Gasteiger partial charge in [0.2, 0.25) is 0 Å². The number of fused-ring (bicyclic) bond motifs is 1. The first kappa shape index (κ1) is 39.6. The zero-order chi connectivity index (χ0) is 34.8. The maximum absolute atomic E-state index is 12.5. The van der Waals surface area contributed by atoms with Crippen molar-refractivity contribution in [2.24, 2.45) is 10.8 Å². The van der Waals surface area contributed by atoms with E-state index in [-0.39, 0.29) is 29.0 Å². The van der Waals surface area contributed by atoms with E-state index in [9.17, 15) is 19.4 Å². The Bertz CT molecular complexity index is 1360. The number of hydrogen-bond acceptors (Lipinski definition) is 11. The van der Waals surface area contributed by atoms with Crippen LogP contribution in [0.5, 0.6) is 0 Å². The van der Waals surface area contributed by atoms with Crippen molar-refractivity contribution in [3.63, 3.8) is 0 Å². The average Bonchev–Trinajstić information content (AvgIpc) is 3.60. The number of hydrogen-bond donors (Lipinski definition) is 4. The summed E-state index contributed by atoms with van der Waals surface area (Å²) < 4.78 is 35.4. The number of ether oxygens (including phenoxy) is 2. The van der Waals surface area contributed by atoms with E-state index >= 15 is 0 Å². The van der Waals surface area contributed by atoms with Gasteiger partial charge in [0.05, 0.1) is 30.3 Å². The van der Waals surface area contributed by atoms with Crippen LogP contribution in [0.25, 0.3) is 21.5 Å². The quantitative estimate of drug-likeness (QED) is 0.0289. The van der Waals surface area contributed by atoms with E-state index in [4.69, 9.17) is 35.5 Å². The lowest BCUT2D eigenvalue weighted by molar-refractivity contribution is -0.0443. The topological polar surface area (TPSA) is 243 Å². The lowest BCUT2D eigenvalue weighted by atomic mass is 10.0. The van der Waals surface area contributed by atoms with Gasteiger partial charge in [0.15, 0.2) is 0 Å². The largest absolute Gasteiger partial charge is 0.472 e. The van der Waals surface area contributed by atoms with Crippen LogP contribution in [0.2, 0.25) is 0 Å². The molecule has 0 saturated carbocycles. The van der Waals surface area contributed by atoms with Crippen LogP contribution in [0, 0.1) is 0 Å². The van der Waals surface area contributed by atoms with E-state index in [1.165, 1.54) is 94.1 Å². The van der Waals surface area contributed by atoms with Gasteiger partial charge in [-0.05, 0) is 18.4 Å². The zero-order valence-electron chi connectivity index (χ0n) is 28.0. The predicted octanol–water partition coefficient (Wildman–Crippen LogP) is 6.07. The minimum atomic E-state index is -4.50. The molecule has 1 aliphatic rings. The molecule has 1 saturated heterocycles. The summed E-state index contributed by atoms with van der Waals surface area (Å²) in [5.74, 6) is -0.817. The van der Waals surface area contributed by atoms with Crippen molar-refractivity contribution in [3.05, 3.63) is 28.5 Å². The minimum absolute atomic E-state index is 0.00240. The van der Waals surface area contributed by atoms with Crippen LogP contribution in [0.3, 0.4) is 0 Å². The summed E-state index contributed by atoms with van der Waals surface area (Å²) in [5.41, 5.74) is 20.7. The van der Waals surface area contributed by atoms with Gasteiger partial charge in [-0.2, -0.15) is 0 Å². The molecule has 1 amide bonds. The standard InChI is InChI=1S/C31H53N8O8P/c1-2-3-4-5-6-7-8-9-10-11-12-13-14-15-17-44-18-16-19-45-48(42,43)46-21-24-27(40)26(37-38-34)31(47-24)39-20-23(29(33)41)25-28(32)35-22-36-30(25)39/h20,22,24,26-27,31,40H,2-19,21H2,1H3,(H2,33,41)(H,42,43)(H2,32,35,36)/t24-,26+,27-,31-/m1/s1. The van der Waals surface area contributed by atoms with Gasteiger partial charge in [0, 0.05) is 24.3 Å². The SMILES string of the molecule is CCCCCCCCCCCCCCCCOCCCOP(=O)(O)OC[C@H]1O[C@@H](n2cc(C(N)=O)c3c(N)ncnc32)[C@@H](N=[N+]=[N-])[C@@H]1O. The number of rotatable bonds is 26. The highest BCUT2D eigenvalue weighted by Crippen LogP contribution is 2.45. The van der Waals surface area contributed by atoms with E-state index in [1.807, 2.05) is 0 Å². The van der Waals surface area contributed by atoms with Crippen molar-refractivity contribution < 1.29 is 37.9 Å². The maximum atomic E-state index is 12.5. The van der Waals surface area contributed by atoms with Crippen molar-refractivity contribution in [2.75, 3.05) is 32.2 Å². The van der Waals surface area contributed by atoms with Crippen LogP contribution in [0.1, 0.15) is 120 Å². The minimum Gasteiger partial charge on any atom is -0.390 e. The van der Waals surface area contributed by atoms with Crippen LogP contribution >= 0.6 is 7.82 Å². The van der Waals surface area contributed by atoms with Gasteiger partial charge in [-0.15, -0.1) is 0 Å². The smallest absolute Gasteiger partial charge is 0.390 e. The Kier molecular flexibility index (Phi) is 17.6. The number of anilines is 1. The van der Waals surface area contributed by atoms with Gasteiger partial charge < -0.3 is 35.5 Å². The Morgan fingerprint density at radius 2 is 1.60 bits per heavy atom. The number of carbonyl (C=O) groups excluding carboxylic acids is 1. The molecule has 3 rings (SSSR count). The van der Waals surface area contributed by atoms with Crippen LogP contribution in [-0.2, 0) is 23.1 Å². The highest BCUT2D eigenvalue weighted by molar-refractivity contribution is 7.47. The van der Waals surface area contributed by atoms with Gasteiger partial charge in [0.25, 0.3) is 5.91 Å². The second-order valence-corrected chi connectivity index (χ2v) is 13.6. The van der Waals surface area contributed by atoms with Crippen LogP contribution in [0.15, 0.2) is 17.6 Å². The van der Waals surface area contributed by atoms with Gasteiger partial charge in [-0.1, -0.05) is 95.5 Å². The fourth-order valence-corrected chi connectivity index (χ4v) is 6.59. The Morgan fingerprint density at radius 1 is 1.00 bits per heavy atom. The van der Waals surface area contributed by atoms with Crippen molar-refractivity contribution in [3.8, 4) is 0 Å². The number of azide groups is 1. The molecule has 1 fully saturated rings. The summed E-state index contributed by atoms with van der Waals surface area (Å²) in [7, 11) is -4.50. The van der Waals surface area contributed by atoms with E-state index in [0.29, 0.717) is 19.6 Å². The molecule has 3 heterocycles. The number of phosphoric acid groups is 1. The van der Waals surface area contributed by atoms with Crippen LogP contribution < -0.4 is 11.5 Å². The number of phosphoric ester groups is 1. The molecule has 6 N–H and O–H groups in total. The van der Waals surface area contributed by atoms with Crippen molar-refractivity contribution in [2.45, 2.75) is 128 Å². The van der Waals surface area contributed by atoms with Crippen molar-refractivity contribution in [1.82, 2.24) is 14.5 Å². The molecule has 0 spiro atoms. The monoisotopic (exact) mass is 696 g/mol. The fourth-order valence-electron chi connectivity index (χ4n) is 5.82. The van der Waals surface area contributed by atoms with E-state index in [1.54, 1.807) is 0 Å². The Hall–Kier alpha value is -2.81. The van der Waals surface area contributed by atoms with E-state index in [2.05, 4.69) is 26.9 Å².